The van der Waals surface area contributed by atoms with Gasteiger partial charge in [0.25, 0.3) is 5.91 Å². The second-order valence-corrected chi connectivity index (χ2v) is 5.96. The zero-order chi connectivity index (χ0) is 19.3. The molecule has 0 unspecified atom stereocenters. The number of nitrogens with zero attached hydrogens (tertiary/aromatic N) is 2. The number of ether oxygens (including phenoxy) is 1. The number of phenols is 1. The number of nitro benzene ring substituents is 1. The van der Waals surface area contributed by atoms with Crippen molar-refractivity contribution in [2.75, 3.05) is 6.61 Å². The minimum absolute atomic E-state index is 0.0151. The molecule has 8 nitrogen and oxygen atoms in total. The molecule has 0 aliphatic rings. The molecule has 136 valence electrons. The first-order valence-electron chi connectivity index (χ1n) is 7.15. The summed E-state index contributed by atoms with van der Waals surface area (Å²) < 4.78 is 5.30. The van der Waals surface area contributed by atoms with E-state index in [-0.39, 0.29) is 17.2 Å². The first kappa shape index (κ1) is 19.5. The Morgan fingerprint density at radius 3 is 2.77 bits per heavy atom. The molecule has 2 rings (SSSR count). The molecule has 0 aromatic heterocycles. The zero-order valence-corrected chi connectivity index (χ0v) is 14.9. The number of nitrogens with one attached hydrogen (secondary N) is 1. The normalized spacial score (nSPS) is 10.7. The number of amides is 1. The van der Waals surface area contributed by atoms with Crippen molar-refractivity contribution in [3.63, 3.8) is 0 Å². The van der Waals surface area contributed by atoms with Gasteiger partial charge < -0.3 is 9.84 Å². The summed E-state index contributed by atoms with van der Waals surface area (Å²) in [5, 5.41) is 24.9. The number of nitro groups is 1. The van der Waals surface area contributed by atoms with E-state index in [2.05, 4.69) is 10.5 Å². The third-order valence-electron chi connectivity index (χ3n) is 3.17. The minimum atomic E-state index is -0.779. The molecule has 0 heterocycles. The van der Waals surface area contributed by atoms with Crippen molar-refractivity contribution in [2.45, 2.75) is 6.92 Å². The summed E-state index contributed by atoms with van der Waals surface area (Å²) in [6.45, 7) is 1.50. The summed E-state index contributed by atoms with van der Waals surface area (Å²) in [5.74, 6) is -0.704. The summed E-state index contributed by atoms with van der Waals surface area (Å²) in [4.78, 5) is 21.8. The predicted octanol–water partition coefficient (Wildman–Crippen LogP) is 3.44. The van der Waals surface area contributed by atoms with Crippen molar-refractivity contribution in [2.24, 2.45) is 5.10 Å². The third kappa shape index (κ3) is 5.08. The predicted molar refractivity (Wildman–Crippen MR) is 97.2 cm³/mol. The molecule has 0 atom stereocenters. The number of phenolic OH excluding ortho intramolecular Hbond substituents is 1. The molecule has 0 aliphatic carbocycles. The molecule has 2 N–H and O–H groups in total. The summed E-state index contributed by atoms with van der Waals surface area (Å²) in [7, 11) is 0. The second kappa shape index (κ2) is 8.50. The fraction of sp³-hybridized carbons (Fsp3) is 0.125. The van der Waals surface area contributed by atoms with E-state index in [1.54, 1.807) is 25.1 Å². The van der Waals surface area contributed by atoms with Crippen LogP contribution in [0.1, 0.15) is 11.1 Å². The minimum Gasteiger partial charge on any atom is -0.502 e. The number of aryl methyl sites for hydroxylation is 1. The third-order valence-corrected chi connectivity index (χ3v) is 3.82. The van der Waals surface area contributed by atoms with Crippen LogP contribution < -0.4 is 10.2 Å². The maximum absolute atomic E-state index is 11.7. The van der Waals surface area contributed by atoms with Crippen LogP contribution in [-0.4, -0.2) is 28.8 Å². The van der Waals surface area contributed by atoms with Crippen LogP contribution in [0, 0.1) is 17.0 Å². The molecule has 0 saturated heterocycles. The number of hydrogen-bond donors (Lipinski definition) is 2. The Labute approximate surface area is 158 Å². The van der Waals surface area contributed by atoms with Crippen LogP contribution in [-0.2, 0) is 4.79 Å². The molecule has 0 aliphatic heterocycles. The molecular formula is C16H13Cl2N3O5. The molecule has 0 spiro atoms. The van der Waals surface area contributed by atoms with Gasteiger partial charge in [-0.3, -0.25) is 14.9 Å². The van der Waals surface area contributed by atoms with Gasteiger partial charge in [0.1, 0.15) is 5.75 Å². The standard InChI is InChI=1S/C16H13Cl2N3O5/c1-9-4-12(2-3-13(9)18)26-8-15(22)20-19-7-10-5-11(17)6-14(16(10)23)21(24)25/h2-7,23H,8H2,1H3,(H,20,22)/b19-7+. The van der Waals surface area contributed by atoms with Crippen LogP contribution in [0.2, 0.25) is 10.0 Å². The number of halogens is 2. The van der Waals surface area contributed by atoms with Crippen molar-refractivity contribution in [3.05, 3.63) is 61.6 Å². The van der Waals surface area contributed by atoms with E-state index in [0.29, 0.717) is 10.8 Å². The van der Waals surface area contributed by atoms with Crippen LogP contribution >= 0.6 is 23.2 Å². The van der Waals surface area contributed by atoms with Crippen molar-refractivity contribution >= 4 is 41.0 Å². The van der Waals surface area contributed by atoms with Crippen LogP contribution in [0.25, 0.3) is 0 Å². The van der Waals surface area contributed by atoms with E-state index >= 15 is 0 Å². The summed E-state index contributed by atoms with van der Waals surface area (Å²) in [6, 6.07) is 7.23. The van der Waals surface area contributed by atoms with E-state index < -0.39 is 22.3 Å². The van der Waals surface area contributed by atoms with Crippen molar-refractivity contribution in [3.8, 4) is 11.5 Å². The number of rotatable bonds is 6. The zero-order valence-electron chi connectivity index (χ0n) is 13.4. The van der Waals surface area contributed by atoms with E-state index in [4.69, 9.17) is 27.9 Å². The Morgan fingerprint density at radius 1 is 1.38 bits per heavy atom. The summed E-state index contributed by atoms with van der Waals surface area (Å²) >= 11 is 11.7. The van der Waals surface area contributed by atoms with Gasteiger partial charge in [-0.25, -0.2) is 5.43 Å². The SMILES string of the molecule is Cc1cc(OCC(=O)N/N=C/c2cc(Cl)cc([N+](=O)[O-])c2O)ccc1Cl. The van der Waals surface area contributed by atoms with Crippen molar-refractivity contribution in [1.82, 2.24) is 5.43 Å². The number of aromatic hydroxyl groups is 1. The highest BCUT2D eigenvalue weighted by molar-refractivity contribution is 6.31. The maximum atomic E-state index is 11.7. The fourth-order valence-electron chi connectivity index (χ4n) is 1.90. The van der Waals surface area contributed by atoms with E-state index in [1.165, 1.54) is 6.07 Å². The molecule has 2 aromatic rings. The molecular weight excluding hydrogens is 385 g/mol. The molecule has 0 bridgehead atoms. The van der Waals surface area contributed by atoms with Gasteiger partial charge in [-0.2, -0.15) is 5.10 Å². The van der Waals surface area contributed by atoms with Crippen LogP contribution in [0.3, 0.4) is 0 Å². The Kier molecular flexibility index (Phi) is 6.37. The second-order valence-electron chi connectivity index (χ2n) is 5.11. The number of carbonyl (C=O) groups excluding carboxylic acids is 1. The largest absolute Gasteiger partial charge is 0.502 e. The van der Waals surface area contributed by atoms with Gasteiger partial charge in [0.2, 0.25) is 5.75 Å². The molecule has 1 amide bonds. The molecule has 2 aromatic carbocycles. The smallest absolute Gasteiger partial charge is 0.312 e. The highest BCUT2D eigenvalue weighted by Gasteiger charge is 2.17. The highest BCUT2D eigenvalue weighted by atomic mass is 35.5. The molecule has 0 saturated carbocycles. The lowest BCUT2D eigenvalue weighted by atomic mass is 10.2. The van der Waals surface area contributed by atoms with Gasteiger partial charge in [-0.05, 0) is 36.8 Å². The van der Waals surface area contributed by atoms with Gasteiger partial charge in [-0.15, -0.1) is 0 Å². The molecule has 0 radical (unpaired) electrons. The lowest BCUT2D eigenvalue weighted by Gasteiger charge is -2.06. The summed E-state index contributed by atoms with van der Waals surface area (Å²) in [6.07, 6.45) is 1.04. The lowest BCUT2D eigenvalue weighted by molar-refractivity contribution is -0.385. The molecule has 0 fully saturated rings. The number of benzene rings is 2. The number of hydrogen-bond acceptors (Lipinski definition) is 6. The van der Waals surface area contributed by atoms with E-state index in [0.717, 1.165) is 17.8 Å². The Balaban J connectivity index is 1.96. The first-order chi connectivity index (χ1) is 12.3. The topological polar surface area (TPSA) is 114 Å². The number of hydrazone groups is 1. The van der Waals surface area contributed by atoms with Gasteiger partial charge in [0.15, 0.2) is 6.61 Å². The summed E-state index contributed by atoms with van der Waals surface area (Å²) in [5.41, 5.74) is 2.41. The van der Waals surface area contributed by atoms with Crippen molar-refractivity contribution in [1.29, 1.82) is 0 Å². The lowest BCUT2D eigenvalue weighted by Crippen LogP contribution is -2.24. The Hall–Kier alpha value is -2.84. The van der Waals surface area contributed by atoms with Gasteiger partial charge >= 0.3 is 5.69 Å². The molecule has 26 heavy (non-hydrogen) atoms. The quantitative estimate of drug-likeness (QED) is 0.440. The fourth-order valence-corrected chi connectivity index (χ4v) is 2.24. The molecule has 10 heteroatoms. The average molecular weight is 398 g/mol. The van der Waals surface area contributed by atoms with Crippen molar-refractivity contribution < 1.29 is 19.6 Å². The van der Waals surface area contributed by atoms with Crippen LogP contribution in [0.15, 0.2) is 35.4 Å². The van der Waals surface area contributed by atoms with Gasteiger partial charge in [0.05, 0.1) is 11.1 Å². The van der Waals surface area contributed by atoms with E-state index in [1.807, 2.05) is 0 Å². The Morgan fingerprint density at radius 2 is 2.12 bits per heavy atom. The maximum Gasteiger partial charge on any atom is 0.312 e. The van der Waals surface area contributed by atoms with Gasteiger partial charge in [0, 0.05) is 21.7 Å². The van der Waals surface area contributed by atoms with Crippen LogP contribution in [0.5, 0.6) is 11.5 Å². The number of carbonyl (C=O) groups is 1. The van der Waals surface area contributed by atoms with E-state index in [9.17, 15) is 20.0 Å². The highest BCUT2D eigenvalue weighted by Crippen LogP contribution is 2.32. The first-order valence-corrected chi connectivity index (χ1v) is 7.91. The van der Waals surface area contributed by atoms with Crippen LogP contribution in [0.4, 0.5) is 5.69 Å². The van der Waals surface area contributed by atoms with Gasteiger partial charge in [-0.1, -0.05) is 23.2 Å². The monoisotopic (exact) mass is 397 g/mol. The Bertz CT molecular complexity index is 886. The average Bonchev–Trinajstić information content (AvgIpc) is 2.58.